The molecule has 156 valence electrons. The normalized spacial score (nSPS) is 19.0. The predicted octanol–water partition coefficient (Wildman–Crippen LogP) is 2.81. The smallest absolute Gasteiger partial charge is 0.262 e. The zero-order valence-electron chi connectivity index (χ0n) is 17.3. The van der Waals surface area contributed by atoms with Crippen molar-refractivity contribution in [3.8, 4) is 17.6 Å². The van der Waals surface area contributed by atoms with E-state index in [2.05, 4.69) is 17.6 Å². The fourth-order valence-corrected chi connectivity index (χ4v) is 3.38. The van der Waals surface area contributed by atoms with Gasteiger partial charge in [-0.25, -0.2) is 0 Å². The van der Waals surface area contributed by atoms with Crippen molar-refractivity contribution in [3.05, 3.63) is 29.3 Å². The van der Waals surface area contributed by atoms with Gasteiger partial charge in [0.1, 0.15) is 11.6 Å². The molecule has 0 radical (unpaired) electrons. The molecule has 2 amide bonds. The maximum Gasteiger partial charge on any atom is 0.262 e. The van der Waals surface area contributed by atoms with Gasteiger partial charge in [-0.3, -0.25) is 9.59 Å². The van der Waals surface area contributed by atoms with E-state index in [1.54, 1.807) is 18.2 Å². The summed E-state index contributed by atoms with van der Waals surface area (Å²) >= 11 is 0. The lowest BCUT2D eigenvalue weighted by atomic mass is 9.86. The Morgan fingerprint density at radius 2 is 2.03 bits per heavy atom. The molecule has 7 nitrogen and oxygen atoms in total. The summed E-state index contributed by atoms with van der Waals surface area (Å²) in [6.07, 6.45) is 5.83. The van der Waals surface area contributed by atoms with E-state index in [9.17, 15) is 14.9 Å². The highest BCUT2D eigenvalue weighted by Gasteiger charge is 2.24. The van der Waals surface area contributed by atoms with Crippen LogP contribution in [0.3, 0.4) is 0 Å². The van der Waals surface area contributed by atoms with Crippen LogP contribution in [-0.2, 0) is 9.59 Å². The molecule has 0 spiro atoms. The molecule has 0 bridgehead atoms. The Bertz CT molecular complexity index is 798. The topological polar surface area (TPSA) is 100 Å². The second kappa shape index (κ2) is 11.1. The molecule has 1 saturated carbocycles. The zero-order valence-corrected chi connectivity index (χ0v) is 17.3. The first-order chi connectivity index (χ1) is 14.0. The van der Waals surface area contributed by atoms with Crippen molar-refractivity contribution in [1.29, 1.82) is 5.26 Å². The molecule has 1 aliphatic rings. The number of nitrogens with one attached hydrogen (secondary N) is 2. The molecule has 0 aliphatic heterocycles. The van der Waals surface area contributed by atoms with E-state index in [1.165, 1.54) is 19.6 Å². The molecule has 0 heterocycles. The van der Waals surface area contributed by atoms with Gasteiger partial charge in [0.05, 0.1) is 7.11 Å². The molecule has 1 aromatic carbocycles. The van der Waals surface area contributed by atoms with Gasteiger partial charge in [-0.05, 0) is 49.5 Å². The van der Waals surface area contributed by atoms with E-state index in [4.69, 9.17) is 9.47 Å². The fourth-order valence-electron chi connectivity index (χ4n) is 3.38. The minimum absolute atomic E-state index is 0.0424. The van der Waals surface area contributed by atoms with E-state index in [0.29, 0.717) is 29.5 Å². The molecule has 2 unspecified atom stereocenters. The number of nitriles is 1. The third-order valence-electron chi connectivity index (χ3n) is 5.02. The van der Waals surface area contributed by atoms with Crippen LogP contribution >= 0.6 is 0 Å². The Balaban J connectivity index is 2.10. The number of carbonyl (C=O) groups is 2. The Labute approximate surface area is 172 Å². The number of ether oxygens (including phenoxy) is 2. The van der Waals surface area contributed by atoms with Crippen molar-refractivity contribution in [3.63, 3.8) is 0 Å². The predicted molar refractivity (Wildman–Crippen MR) is 110 cm³/mol. The highest BCUT2D eigenvalue weighted by Crippen LogP contribution is 2.29. The lowest BCUT2D eigenvalue weighted by Gasteiger charge is -2.29. The van der Waals surface area contributed by atoms with Crippen molar-refractivity contribution >= 4 is 17.9 Å². The summed E-state index contributed by atoms with van der Waals surface area (Å²) < 4.78 is 10.8. The van der Waals surface area contributed by atoms with Gasteiger partial charge in [-0.1, -0.05) is 25.8 Å². The Kier molecular flexibility index (Phi) is 8.53. The van der Waals surface area contributed by atoms with Crippen LogP contribution in [0.15, 0.2) is 23.8 Å². The molecule has 0 aromatic heterocycles. The van der Waals surface area contributed by atoms with Crippen LogP contribution in [0.1, 0.15) is 45.1 Å². The van der Waals surface area contributed by atoms with Crippen LogP contribution in [0.25, 0.3) is 6.08 Å². The van der Waals surface area contributed by atoms with E-state index in [1.807, 2.05) is 13.0 Å². The third-order valence-corrected chi connectivity index (χ3v) is 5.02. The molecular formula is C22H29N3O4. The average Bonchev–Trinajstić information content (AvgIpc) is 2.72. The summed E-state index contributed by atoms with van der Waals surface area (Å²) in [5.74, 6) is 0.659. The summed E-state index contributed by atoms with van der Waals surface area (Å²) in [5.41, 5.74) is 0.677. The van der Waals surface area contributed by atoms with E-state index in [-0.39, 0.29) is 30.0 Å². The molecule has 2 N–H and O–H groups in total. The van der Waals surface area contributed by atoms with Gasteiger partial charge in [0.2, 0.25) is 0 Å². The van der Waals surface area contributed by atoms with E-state index in [0.717, 1.165) is 19.3 Å². The lowest BCUT2D eigenvalue weighted by Crippen LogP contribution is -2.41. The molecule has 1 aromatic rings. The van der Waals surface area contributed by atoms with Crippen LogP contribution in [0.5, 0.6) is 11.5 Å². The van der Waals surface area contributed by atoms with E-state index >= 15 is 0 Å². The number of rotatable bonds is 8. The van der Waals surface area contributed by atoms with Crippen LogP contribution < -0.4 is 20.1 Å². The Morgan fingerprint density at radius 3 is 2.69 bits per heavy atom. The molecule has 2 atom stereocenters. The van der Waals surface area contributed by atoms with Crippen molar-refractivity contribution in [2.24, 2.45) is 5.92 Å². The number of methoxy groups -OCH3 is 1. The van der Waals surface area contributed by atoms with Gasteiger partial charge in [0, 0.05) is 12.6 Å². The molecule has 1 fully saturated rings. The Hall–Kier alpha value is -3.01. The van der Waals surface area contributed by atoms with Gasteiger partial charge < -0.3 is 20.1 Å². The van der Waals surface area contributed by atoms with Crippen LogP contribution in [0.4, 0.5) is 0 Å². The second-order valence-corrected chi connectivity index (χ2v) is 7.16. The van der Waals surface area contributed by atoms with Crippen LogP contribution in [0, 0.1) is 17.2 Å². The van der Waals surface area contributed by atoms with Gasteiger partial charge in [0.25, 0.3) is 11.8 Å². The molecule has 29 heavy (non-hydrogen) atoms. The zero-order chi connectivity index (χ0) is 21.2. The third kappa shape index (κ3) is 6.53. The quantitative estimate of drug-likeness (QED) is 0.517. The highest BCUT2D eigenvalue weighted by atomic mass is 16.5. The average molecular weight is 399 g/mol. The number of carbonyl (C=O) groups excluding carboxylic acids is 2. The SMILES string of the molecule is CCNC(=O)COc1ccc(/C=C(\C#N)C(=O)NC2CCCCC2C)cc1OC. The van der Waals surface area contributed by atoms with Crippen molar-refractivity contribution in [2.75, 3.05) is 20.3 Å². The van der Waals surface area contributed by atoms with Gasteiger partial charge >= 0.3 is 0 Å². The number of likely N-dealkylation sites (N-methyl/N-ethyl adjacent to an activating group) is 1. The maximum atomic E-state index is 12.6. The van der Waals surface area contributed by atoms with Crippen LogP contribution in [-0.4, -0.2) is 38.1 Å². The van der Waals surface area contributed by atoms with E-state index < -0.39 is 0 Å². The number of hydrogen-bond donors (Lipinski definition) is 2. The first-order valence-electron chi connectivity index (χ1n) is 9.98. The second-order valence-electron chi connectivity index (χ2n) is 7.16. The molecule has 0 saturated heterocycles. The molecule has 7 heteroatoms. The first-order valence-corrected chi connectivity index (χ1v) is 9.98. The molecule has 1 aliphatic carbocycles. The first kappa shape index (κ1) is 22.3. The summed E-state index contributed by atoms with van der Waals surface area (Å²) in [6.45, 7) is 4.37. The monoisotopic (exact) mass is 399 g/mol. The largest absolute Gasteiger partial charge is 0.493 e. The summed E-state index contributed by atoms with van der Waals surface area (Å²) in [5, 5.41) is 15.1. The number of nitrogens with zero attached hydrogens (tertiary/aromatic N) is 1. The fraction of sp³-hybridized carbons (Fsp3) is 0.500. The van der Waals surface area contributed by atoms with Gasteiger partial charge in [-0.2, -0.15) is 5.26 Å². The highest BCUT2D eigenvalue weighted by molar-refractivity contribution is 6.01. The van der Waals surface area contributed by atoms with Crippen molar-refractivity contribution in [1.82, 2.24) is 10.6 Å². The summed E-state index contributed by atoms with van der Waals surface area (Å²) in [4.78, 5) is 24.1. The van der Waals surface area contributed by atoms with Gasteiger partial charge in [0.15, 0.2) is 18.1 Å². The summed E-state index contributed by atoms with van der Waals surface area (Å²) in [6, 6.07) is 7.12. The lowest BCUT2D eigenvalue weighted by molar-refractivity contribution is -0.123. The van der Waals surface area contributed by atoms with Crippen molar-refractivity contribution < 1.29 is 19.1 Å². The number of benzene rings is 1. The summed E-state index contributed by atoms with van der Waals surface area (Å²) in [7, 11) is 1.49. The van der Waals surface area contributed by atoms with Crippen molar-refractivity contribution in [2.45, 2.75) is 45.6 Å². The minimum Gasteiger partial charge on any atom is -0.493 e. The molecular weight excluding hydrogens is 370 g/mol. The number of hydrogen-bond acceptors (Lipinski definition) is 5. The minimum atomic E-state index is -0.359. The number of amides is 2. The Morgan fingerprint density at radius 1 is 1.28 bits per heavy atom. The van der Waals surface area contributed by atoms with Gasteiger partial charge in [-0.15, -0.1) is 0 Å². The van der Waals surface area contributed by atoms with Crippen LogP contribution in [0.2, 0.25) is 0 Å². The standard InChI is InChI=1S/C22H29N3O4/c1-4-24-21(26)14-29-19-10-9-16(12-20(19)28-3)11-17(13-23)22(27)25-18-8-6-5-7-15(18)2/h9-12,15,18H,4-8,14H2,1-3H3,(H,24,26)(H,25,27)/b17-11+. The maximum absolute atomic E-state index is 12.6. The molecule has 2 rings (SSSR count).